The summed E-state index contributed by atoms with van der Waals surface area (Å²) in [5.74, 6) is 0. The average molecular weight is 165 g/mol. The van der Waals surface area contributed by atoms with Gasteiger partial charge in [-0.2, -0.15) is 0 Å². The third-order valence-electron chi connectivity index (χ3n) is 2.67. The molecule has 0 aromatic rings. The molecule has 1 aliphatic rings. The highest BCUT2D eigenvalue weighted by Gasteiger charge is 2.23. The summed E-state index contributed by atoms with van der Waals surface area (Å²) in [6.07, 6.45) is 6.80. The summed E-state index contributed by atoms with van der Waals surface area (Å²) in [5.41, 5.74) is 1.48. The van der Waals surface area contributed by atoms with Gasteiger partial charge in [-0.3, -0.25) is 0 Å². The number of hydrogen-bond acceptors (Lipinski definition) is 1. The van der Waals surface area contributed by atoms with Gasteiger partial charge in [-0.25, -0.2) is 0 Å². The second-order valence-corrected chi connectivity index (χ2v) is 4.22. The Bertz CT molecular complexity index is 201. The fraction of sp³-hybridized carbons (Fsp3) is 0.636. The van der Waals surface area contributed by atoms with Crippen molar-refractivity contribution >= 4 is 0 Å². The zero-order valence-corrected chi connectivity index (χ0v) is 8.43. The van der Waals surface area contributed by atoms with Crippen LogP contribution < -0.4 is 0 Å². The van der Waals surface area contributed by atoms with Crippen LogP contribution in [0, 0.1) is 5.41 Å². The van der Waals surface area contributed by atoms with Gasteiger partial charge in [0.2, 0.25) is 0 Å². The van der Waals surface area contributed by atoms with Crippen LogP contribution in [-0.4, -0.2) is 18.5 Å². The van der Waals surface area contributed by atoms with Gasteiger partial charge in [0.15, 0.2) is 0 Å². The van der Waals surface area contributed by atoms with Crippen LogP contribution in [0.25, 0.3) is 0 Å². The van der Waals surface area contributed by atoms with Crippen molar-refractivity contribution in [3.05, 3.63) is 24.4 Å². The molecule has 0 saturated carbocycles. The lowest BCUT2D eigenvalue weighted by Crippen LogP contribution is -2.29. The minimum absolute atomic E-state index is 0.228. The number of rotatable bonds is 0. The van der Waals surface area contributed by atoms with Gasteiger partial charge < -0.3 is 4.90 Å². The van der Waals surface area contributed by atoms with Crippen LogP contribution in [0.4, 0.5) is 0 Å². The van der Waals surface area contributed by atoms with E-state index in [-0.39, 0.29) is 5.41 Å². The molecule has 0 spiro atoms. The fourth-order valence-corrected chi connectivity index (χ4v) is 1.53. The Morgan fingerprint density at radius 1 is 1.42 bits per heavy atom. The van der Waals surface area contributed by atoms with Crippen LogP contribution in [0.5, 0.6) is 0 Å². The molecule has 68 valence electrons. The molecule has 0 fully saturated rings. The second-order valence-electron chi connectivity index (χ2n) is 4.22. The van der Waals surface area contributed by atoms with E-state index in [1.54, 1.807) is 0 Å². The van der Waals surface area contributed by atoms with Crippen molar-refractivity contribution in [2.75, 3.05) is 13.6 Å². The molecule has 1 nitrogen and oxygen atoms in total. The zero-order valence-electron chi connectivity index (χ0n) is 8.43. The molecule has 0 atom stereocenters. The van der Waals surface area contributed by atoms with Crippen molar-refractivity contribution in [3.63, 3.8) is 0 Å². The molecule has 0 aromatic heterocycles. The molecule has 1 rings (SSSR count). The van der Waals surface area contributed by atoms with Crippen LogP contribution in [0.3, 0.4) is 0 Å². The van der Waals surface area contributed by atoms with E-state index in [0.29, 0.717) is 0 Å². The standard InChI is InChI=1S/C11H19N/c1-10-11(2,3)8-6-5-7-9-12(10)4/h5-6H,1,7-9H2,2-4H3/b6-5-. The first-order valence-corrected chi connectivity index (χ1v) is 4.59. The highest BCUT2D eigenvalue weighted by molar-refractivity contribution is 5.10. The molecule has 0 bridgehead atoms. The Morgan fingerprint density at radius 3 is 2.75 bits per heavy atom. The first kappa shape index (κ1) is 9.37. The molecule has 0 N–H and O–H groups in total. The minimum atomic E-state index is 0.228. The summed E-state index contributed by atoms with van der Waals surface area (Å²) in [4.78, 5) is 2.27. The summed E-state index contributed by atoms with van der Waals surface area (Å²) < 4.78 is 0. The Balaban J connectivity index is 2.80. The Kier molecular flexibility index (Phi) is 2.61. The molecule has 0 amide bonds. The second kappa shape index (κ2) is 3.34. The van der Waals surface area contributed by atoms with Gasteiger partial charge in [-0.15, -0.1) is 0 Å². The molecule has 0 aromatic carbocycles. The third kappa shape index (κ3) is 1.90. The molecule has 12 heavy (non-hydrogen) atoms. The van der Waals surface area contributed by atoms with Crippen LogP contribution >= 0.6 is 0 Å². The Hall–Kier alpha value is -0.720. The van der Waals surface area contributed by atoms with E-state index in [1.165, 1.54) is 5.70 Å². The summed E-state index contributed by atoms with van der Waals surface area (Å²) in [7, 11) is 2.13. The van der Waals surface area contributed by atoms with Gasteiger partial charge in [-0.05, 0) is 12.8 Å². The molecule has 1 heteroatoms. The van der Waals surface area contributed by atoms with Crippen molar-refractivity contribution in [1.82, 2.24) is 4.90 Å². The van der Waals surface area contributed by atoms with Crippen molar-refractivity contribution in [2.24, 2.45) is 5.41 Å². The maximum Gasteiger partial charge on any atom is 0.0206 e. The maximum atomic E-state index is 4.14. The predicted molar refractivity (Wildman–Crippen MR) is 53.9 cm³/mol. The Morgan fingerprint density at radius 2 is 2.08 bits per heavy atom. The van der Waals surface area contributed by atoms with Gasteiger partial charge in [0.05, 0.1) is 0 Å². The van der Waals surface area contributed by atoms with Crippen LogP contribution in [0.1, 0.15) is 26.7 Å². The predicted octanol–water partition coefficient (Wildman–Crippen LogP) is 2.81. The van der Waals surface area contributed by atoms with E-state index in [0.717, 1.165) is 19.4 Å². The average Bonchev–Trinajstić information content (AvgIpc) is 2.00. The van der Waals surface area contributed by atoms with Crippen molar-refractivity contribution < 1.29 is 0 Å². The molecule has 1 heterocycles. The summed E-state index contributed by atoms with van der Waals surface area (Å²) in [6.45, 7) is 9.74. The largest absolute Gasteiger partial charge is 0.378 e. The van der Waals surface area contributed by atoms with Gasteiger partial charge in [0.1, 0.15) is 0 Å². The van der Waals surface area contributed by atoms with Gasteiger partial charge in [0.25, 0.3) is 0 Å². The van der Waals surface area contributed by atoms with Crippen molar-refractivity contribution in [3.8, 4) is 0 Å². The summed E-state index contributed by atoms with van der Waals surface area (Å²) in [5, 5.41) is 0. The first-order valence-electron chi connectivity index (χ1n) is 4.59. The van der Waals surface area contributed by atoms with E-state index in [4.69, 9.17) is 0 Å². The van der Waals surface area contributed by atoms with Crippen molar-refractivity contribution in [2.45, 2.75) is 26.7 Å². The first-order chi connectivity index (χ1) is 5.54. The van der Waals surface area contributed by atoms with Crippen LogP contribution in [-0.2, 0) is 0 Å². The maximum absolute atomic E-state index is 4.14. The third-order valence-corrected chi connectivity index (χ3v) is 2.67. The van der Waals surface area contributed by atoms with Crippen LogP contribution in [0.2, 0.25) is 0 Å². The normalized spacial score (nSPS) is 26.2. The molecule has 0 aliphatic carbocycles. The fourth-order valence-electron chi connectivity index (χ4n) is 1.53. The smallest absolute Gasteiger partial charge is 0.0206 e. The lowest BCUT2D eigenvalue weighted by molar-refractivity contribution is 0.292. The lowest BCUT2D eigenvalue weighted by Gasteiger charge is -2.34. The topological polar surface area (TPSA) is 3.24 Å². The van der Waals surface area contributed by atoms with E-state index < -0.39 is 0 Å². The van der Waals surface area contributed by atoms with E-state index in [2.05, 4.69) is 44.5 Å². The molecule has 0 saturated heterocycles. The molecular formula is C11H19N. The molecular weight excluding hydrogens is 146 g/mol. The van der Waals surface area contributed by atoms with E-state index in [9.17, 15) is 0 Å². The van der Waals surface area contributed by atoms with Crippen molar-refractivity contribution in [1.29, 1.82) is 0 Å². The summed E-state index contributed by atoms with van der Waals surface area (Å²) in [6, 6.07) is 0. The number of nitrogens with zero attached hydrogens (tertiary/aromatic N) is 1. The van der Waals surface area contributed by atoms with E-state index >= 15 is 0 Å². The lowest BCUT2D eigenvalue weighted by atomic mass is 9.84. The minimum Gasteiger partial charge on any atom is -0.378 e. The molecule has 0 unspecified atom stereocenters. The van der Waals surface area contributed by atoms with Crippen LogP contribution in [0.15, 0.2) is 24.4 Å². The number of allylic oxidation sites excluding steroid dienone is 2. The van der Waals surface area contributed by atoms with Gasteiger partial charge in [-0.1, -0.05) is 32.6 Å². The Labute approximate surface area is 75.8 Å². The van der Waals surface area contributed by atoms with Gasteiger partial charge in [0, 0.05) is 24.7 Å². The zero-order chi connectivity index (χ0) is 9.19. The van der Waals surface area contributed by atoms with E-state index in [1.807, 2.05) is 0 Å². The molecule has 0 radical (unpaired) electrons. The SMILES string of the molecule is C=C1N(C)CC/C=C\CC1(C)C. The highest BCUT2D eigenvalue weighted by Crippen LogP contribution is 2.32. The monoisotopic (exact) mass is 165 g/mol. The quantitative estimate of drug-likeness (QED) is 0.499. The number of hydrogen-bond donors (Lipinski definition) is 0. The highest BCUT2D eigenvalue weighted by atomic mass is 15.1. The van der Waals surface area contributed by atoms with Gasteiger partial charge >= 0.3 is 0 Å². The molecule has 1 aliphatic heterocycles. The summed E-state index contributed by atoms with van der Waals surface area (Å²) >= 11 is 0.